The third-order valence-corrected chi connectivity index (χ3v) is 2.25. The Kier molecular flexibility index (Phi) is 2.22. The van der Waals surface area contributed by atoms with Gasteiger partial charge in [0.1, 0.15) is 10.0 Å². The third kappa shape index (κ3) is 1.28. The fourth-order valence-electron chi connectivity index (χ4n) is 0.596. The van der Waals surface area contributed by atoms with Gasteiger partial charge in [-0.1, -0.05) is 0 Å². The molecule has 0 aromatic carbocycles. The topological polar surface area (TPSA) is 17.8 Å². The first-order valence-electron chi connectivity index (χ1n) is 2.60. The van der Waals surface area contributed by atoms with E-state index in [1.54, 1.807) is 6.92 Å². The van der Waals surface area contributed by atoms with Crippen LogP contribution in [-0.4, -0.2) is 9.55 Å². The second-order valence-electron chi connectivity index (χ2n) is 1.81. The van der Waals surface area contributed by atoms with E-state index in [-0.39, 0.29) is 0 Å². The lowest BCUT2D eigenvalue weighted by atomic mass is 10.5. The van der Waals surface area contributed by atoms with Crippen LogP contribution in [0.25, 0.3) is 0 Å². The first-order chi connectivity index (χ1) is 4.63. The highest BCUT2D eigenvalue weighted by Crippen LogP contribution is 2.16. The lowest BCUT2D eigenvalue weighted by Crippen LogP contribution is -1.98. The summed E-state index contributed by atoms with van der Waals surface area (Å²) < 4.78 is 25.4. The molecule has 0 unspecified atom stereocenters. The Bertz CT molecular complexity index is 234. The Morgan fingerprint density at radius 1 is 1.70 bits per heavy atom. The van der Waals surface area contributed by atoms with Gasteiger partial charge < -0.3 is 0 Å². The van der Waals surface area contributed by atoms with Crippen LogP contribution in [-0.2, 0) is 0 Å². The minimum Gasteiger partial charge on any atom is -0.276 e. The van der Waals surface area contributed by atoms with E-state index in [9.17, 15) is 8.78 Å². The Balaban J connectivity index is 3.05. The Labute approximate surface area is 70.4 Å². The number of rotatable bonds is 1. The Morgan fingerprint density at radius 2 is 2.30 bits per heavy atom. The maximum atomic E-state index is 12.0. The SMILES string of the molecule is Cc1c(I)ncn1C(F)F. The van der Waals surface area contributed by atoms with E-state index in [1.165, 1.54) is 0 Å². The molecule has 0 saturated heterocycles. The molecule has 1 rings (SSSR count). The third-order valence-electron chi connectivity index (χ3n) is 1.19. The number of alkyl halides is 2. The van der Waals surface area contributed by atoms with Crippen LogP contribution >= 0.6 is 22.6 Å². The van der Waals surface area contributed by atoms with Crippen molar-refractivity contribution >= 4 is 22.6 Å². The smallest absolute Gasteiger partial charge is 0.276 e. The minimum absolute atomic E-state index is 0.510. The summed E-state index contributed by atoms with van der Waals surface area (Å²) >= 11 is 1.91. The van der Waals surface area contributed by atoms with Crippen LogP contribution in [0, 0.1) is 10.6 Å². The number of hydrogen-bond donors (Lipinski definition) is 0. The van der Waals surface area contributed by atoms with E-state index < -0.39 is 6.55 Å². The van der Waals surface area contributed by atoms with Crippen molar-refractivity contribution in [1.82, 2.24) is 9.55 Å². The highest BCUT2D eigenvalue weighted by atomic mass is 127. The standard InChI is InChI=1S/C5H5F2IN2/c1-3-4(8)9-2-10(3)5(6)7/h2,5H,1H3. The lowest BCUT2D eigenvalue weighted by Gasteiger charge is -2.00. The van der Waals surface area contributed by atoms with E-state index in [4.69, 9.17) is 0 Å². The molecule has 1 heterocycles. The van der Waals surface area contributed by atoms with E-state index in [0.717, 1.165) is 10.9 Å². The molecule has 0 spiro atoms. The monoisotopic (exact) mass is 258 g/mol. The highest BCUT2D eigenvalue weighted by Gasteiger charge is 2.10. The van der Waals surface area contributed by atoms with Crippen molar-refractivity contribution in [2.75, 3.05) is 0 Å². The van der Waals surface area contributed by atoms with Crippen molar-refractivity contribution in [3.05, 3.63) is 15.7 Å². The predicted molar refractivity (Wildman–Crippen MR) is 40.9 cm³/mol. The molecule has 0 bridgehead atoms. The molecule has 0 aliphatic carbocycles. The molecule has 0 radical (unpaired) electrons. The number of nitrogens with zero attached hydrogens (tertiary/aromatic N) is 2. The second kappa shape index (κ2) is 2.81. The van der Waals surface area contributed by atoms with E-state index >= 15 is 0 Å². The zero-order valence-corrected chi connectivity index (χ0v) is 7.34. The Morgan fingerprint density at radius 3 is 2.50 bits per heavy atom. The van der Waals surface area contributed by atoms with Gasteiger partial charge in [0.2, 0.25) is 0 Å². The number of halogens is 3. The van der Waals surface area contributed by atoms with Crippen LogP contribution in [0.2, 0.25) is 0 Å². The summed E-state index contributed by atoms with van der Waals surface area (Å²) in [4.78, 5) is 3.71. The zero-order chi connectivity index (χ0) is 7.72. The highest BCUT2D eigenvalue weighted by molar-refractivity contribution is 14.1. The van der Waals surface area contributed by atoms with Gasteiger partial charge in [-0.3, -0.25) is 4.57 Å². The fraction of sp³-hybridized carbons (Fsp3) is 0.400. The van der Waals surface area contributed by atoms with Gasteiger partial charge in [0.15, 0.2) is 0 Å². The maximum absolute atomic E-state index is 12.0. The van der Waals surface area contributed by atoms with Crippen LogP contribution in [0.3, 0.4) is 0 Å². The van der Waals surface area contributed by atoms with Crippen LogP contribution in [0.1, 0.15) is 12.2 Å². The average molecular weight is 258 g/mol. The summed E-state index contributed by atoms with van der Waals surface area (Å²) in [5.74, 6) is 0. The van der Waals surface area contributed by atoms with Gasteiger partial charge in [0.25, 0.3) is 0 Å². The molecule has 10 heavy (non-hydrogen) atoms. The molecule has 0 aliphatic rings. The van der Waals surface area contributed by atoms with E-state index in [1.807, 2.05) is 22.6 Å². The lowest BCUT2D eigenvalue weighted by molar-refractivity contribution is 0.0681. The molecule has 56 valence electrons. The quantitative estimate of drug-likeness (QED) is 0.706. The van der Waals surface area contributed by atoms with Crippen LogP contribution in [0.15, 0.2) is 6.33 Å². The second-order valence-corrected chi connectivity index (χ2v) is 2.83. The van der Waals surface area contributed by atoms with Gasteiger partial charge in [0.05, 0.1) is 5.69 Å². The molecule has 2 nitrogen and oxygen atoms in total. The van der Waals surface area contributed by atoms with Crippen molar-refractivity contribution < 1.29 is 8.78 Å². The zero-order valence-electron chi connectivity index (χ0n) is 5.18. The largest absolute Gasteiger partial charge is 0.319 e. The van der Waals surface area contributed by atoms with Gasteiger partial charge in [-0.2, -0.15) is 8.78 Å². The van der Waals surface area contributed by atoms with Gasteiger partial charge in [-0.15, -0.1) is 0 Å². The maximum Gasteiger partial charge on any atom is 0.319 e. The predicted octanol–water partition coefficient (Wildman–Crippen LogP) is 2.19. The van der Waals surface area contributed by atoms with Crippen LogP contribution in [0.5, 0.6) is 0 Å². The summed E-state index contributed by atoms with van der Waals surface area (Å²) in [5, 5.41) is 0. The molecule has 0 aliphatic heterocycles. The molecule has 1 aromatic rings. The summed E-state index contributed by atoms with van der Waals surface area (Å²) in [6, 6.07) is 0. The minimum atomic E-state index is -2.48. The van der Waals surface area contributed by atoms with Gasteiger partial charge in [0, 0.05) is 0 Å². The molecule has 0 atom stereocenters. The fourth-order valence-corrected chi connectivity index (χ4v) is 0.999. The number of aromatic nitrogens is 2. The van der Waals surface area contributed by atoms with Crippen molar-refractivity contribution in [2.24, 2.45) is 0 Å². The molecule has 1 aromatic heterocycles. The van der Waals surface area contributed by atoms with Gasteiger partial charge >= 0.3 is 6.55 Å². The van der Waals surface area contributed by atoms with Crippen molar-refractivity contribution in [2.45, 2.75) is 13.5 Å². The molecule has 0 saturated carbocycles. The van der Waals surface area contributed by atoms with Crippen molar-refractivity contribution in [3.8, 4) is 0 Å². The van der Waals surface area contributed by atoms with Gasteiger partial charge in [-0.05, 0) is 29.5 Å². The Hall–Kier alpha value is -0.200. The van der Waals surface area contributed by atoms with Crippen LogP contribution in [0.4, 0.5) is 8.78 Å². The van der Waals surface area contributed by atoms with Crippen molar-refractivity contribution in [3.63, 3.8) is 0 Å². The van der Waals surface area contributed by atoms with Gasteiger partial charge in [-0.25, -0.2) is 4.98 Å². The first-order valence-corrected chi connectivity index (χ1v) is 3.68. The first kappa shape index (κ1) is 7.90. The van der Waals surface area contributed by atoms with E-state index in [0.29, 0.717) is 9.39 Å². The normalized spacial score (nSPS) is 10.9. The molecule has 0 amide bonds. The number of imidazole rings is 1. The molecule has 0 fully saturated rings. The summed E-state index contributed by atoms with van der Waals surface area (Å²) in [6.45, 7) is -0.864. The number of hydrogen-bond acceptors (Lipinski definition) is 1. The average Bonchev–Trinajstić information content (AvgIpc) is 2.14. The molecular weight excluding hydrogens is 253 g/mol. The summed E-state index contributed by atoms with van der Waals surface area (Å²) in [5.41, 5.74) is 0.510. The van der Waals surface area contributed by atoms with Crippen molar-refractivity contribution in [1.29, 1.82) is 0 Å². The summed E-state index contributed by atoms with van der Waals surface area (Å²) in [7, 11) is 0. The molecular formula is C5H5F2IN2. The molecule has 5 heteroatoms. The van der Waals surface area contributed by atoms with E-state index in [2.05, 4.69) is 4.98 Å². The van der Waals surface area contributed by atoms with Crippen LogP contribution < -0.4 is 0 Å². The summed E-state index contributed by atoms with van der Waals surface area (Å²) in [6.07, 6.45) is 1.14. The molecule has 0 N–H and O–H groups in total.